The minimum Gasteiger partial charge on any atom is -0.485 e. The Balaban J connectivity index is 1.56. The maximum atomic E-state index is 13.9. The van der Waals surface area contributed by atoms with E-state index in [0.29, 0.717) is 17.1 Å². The standard InChI is InChI=1S/C20H18FNO6/c1-25-20(24)15-9-13(28-16-5-3-2-4-14(16)21)10-22(15)19(23)12-6-7-17-18(8-12)27-11-26-17/h2-8,13,15H,9-11H2,1H3/t13-,15-/m1/s1. The summed E-state index contributed by atoms with van der Waals surface area (Å²) in [5.74, 6) is -0.310. The number of likely N-dealkylation sites (tertiary alicyclic amines) is 1. The minimum absolute atomic E-state index is 0.0773. The van der Waals surface area contributed by atoms with Gasteiger partial charge in [-0.05, 0) is 30.3 Å². The van der Waals surface area contributed by atoms with E-state index in [1.165, 1.54) is 24.1 Å². The first-order valence-corrected chi connectivity index (χ1v) is 8.76. The van der Waals surface area contributed by atoms with Crippen molar-refractivity contribution in [1.29, 1.82) is 0 Å². The molecule has 2 atom stereocenters. The smallest absolute Gasteiger partial charge is 0.328 e. The van der Waals surface area contributed by atoms with Crippen LogP contribution in [0.2, 0.25) is 0 Å². The fourth-order valence-corrected chi connectivity index (χ4v) is 3.38. The van der Waals surface area contributed by atoms with Crippen LogP contribution >= 0.6 is 0 Å². The molecule has 146 valence electrons. The second-order valence-corrected chi connectivity index (χ2v) is 6.47. The lowest BCUT2D eigenvalue weighted by Gasteiger charge is -2.22. The van der Waals surface area contributed by atoms with Gasteiger partial charge in [0.25, 0.3) is 5.91 Å². The van der Waals surface area contributed by atoms with E-state index in [1.54, 1.807) is 30.3 Å². The zero-order valence-corrected chi connectivity index (χ0v) is 15.1. The summed E-state index contributed by atoms with van der Waals surface area (Å²) in [5, 5.41) is 0. The van der Waals surface area contributed by atoms with E-state index < -0.39 is 23.9 Å². The molecule has 2 aliphatic heterocycles. The van der Waals surface area contributed by atoms with Crippen LogP contribution in [0.4, 0.5) is 4.39 Å². The molecule has 1 saturated heterocycles. The van der Waals surface area contributed by atoms with Crippen molar-refractivity contribution in [2.24, 2.45) is 0 Å². The van der Waals surface area contributed by atoms with Gasteiger partial charge in [0, 0.05) is 12.0 Å². The number of amides is 1. The van der Waals surface area contributed by atoms with Crippen LogP contribution < -0.4 is 14.2 Å². The topological polar surface area (TPSA) is 74.3 Å². The number of carbonyl (C=O) groups excluding carboxylic acids is 2. The number of methoxy groups -OCH3 is 1. The Bertz CT molecular complexity index is 917. The molecule has 0 N–H and O–H groups in total. The van der Waals surface area contributed by atoms with Crippen molar-refractivity contribution >= 4 is 11.9 Å². The highest BCUT2D eigenvalue weighted by Gasteiger charge is 2.42. The van der Waals surface area contributed by atoms with Gasteiger partial charge in [-0.25, -0.2) is 9.18 Å². The molecule has 2 aliphatic rings. The van der Waals surface area contributed by atoms with Crippen molar-refractivity contribution in [3.05, 3.63) is 53.8 Å². The Labute approximate surface area is 160 Å². The van der Waals surface area contributed by atoms with Crippen LogP contribution in [0.25, 0.3) is 0 Å². The zero-order chi connectivity index (χ0) is 19.7. The number of nitrogens with zero attached hydrogens (tertiary/aromatic N) is 1. The molecular weight excluding hydrogens is 369 g/mol. The van der Waals surface area contributed by atoms with Gasteiger partial charge in [0.2, 0.25) is 6.79 Å². The summed E-state index contributed by atoms with van der Waals surface area (Å²) in [6, 6.07) is 10.0. The first-order valence-electron chi connectivity index (χ1n) is 8.76. The quantitative estimate of drug-likeness (QED) is 0.750. The molecule has 8 heteroatoms. The first kappa shape index (κ1) is 18.1. The van der Waals surface area contributed by atoms with Crippen molar-refractivity contribution in [1.82, 2.24) is 4.90 Å². The van der Waals surface area contributed by atoms with Gasteiger partial charge in [-0.15, -0.1) is 0 Å². The van der Waals surface area contributed by atoms with Crippen molar-refractivity contribution in [3.63, 3.8) is 0 Å². The Morgan fingerprint density at radius 1 is 1.14 bits per heavy atom. The summed E-state index contributed by atoms with van der Waals surface area (Å²) in [5.41, 5.74) is 0.352. The Hall–Kier alpha value is -3.29. The van der Waals surface area contributed by atoms with Crippen LogP contribution in [-0.2, 0) is 9.53 Å². The number of para-hydroxylation sites is 1. The molecule has 0 radical (unpaired) electrons. The number of hydrogen-bond donors (Lipinski definition) is 0. The second kappa shape index (κ2) is 7.38. The van der Waals surface area contributed by atoms with Gasteiger partial charge in [-0.3, -0.25) is 4.79 Å². The summed E-state index contributed by atoms with van der Waals surface area (Å²) in [7, 11) is 1.26. The highest BCUT2D eigenvalue weighted by Crippen LogP contribution is 2.34. The highest BCUT2D eigenvalue weighted by molar-refractivity contribution is 5.97. The lowest BCUT2D eigenvalue weighted by Crippen LogP contribution is -2.41. The lowest BCUT2D eigenvalue weighted by molar-refractivity contribution is -0.145. The second-order valence-electron chi connectivity index (χ2n) is 6.47. The third-order valence-electron chi connectivity index (χ3n) is 4.75. The number of rotatable bonds is 4. The highest BCUT2D eigenvalue weighted by atomic mass is 19.1. The Morgan fingerprint density at radius 2 is 1.93 bits per heavy atom. The maximum absolute atomic E-state index is 13.9. The van der Waals surface area contributed by atoms with Gasteiger partial charge in [-0.1, -0.05) is 12.1 Å². The minimum atomic E-state index is -0.820. The number of carbonyl (C=O) groups is 2. The number of halogens is 1. The largest absolute Gasteiger partial charge is 0.485 e. The number of fused-ring (bicyclic) bond motifs is 1. The van der Waals surface area contributed by atoms with Gasteiger partial charge in [-0.2, -0.15) is 0 Å². The van der Waals surface area contributed by atoms with Crippen LogP contribution in [0.15, 0.2) is 42.5 Å². The predicted octanol–water partition coefficient (Wildman–Crippen LogP) is 2.39. The summed E-state index contributed by atoms with van der Waals surface area (Å²) in [6.07, 6.45) is -0.337. The third-order valence-corrected chi connectivity index (χ3v) is 4.75. The molecule has 0 saturated carbocycles. The fourth-order valence-electron chi connectivity index (χ4n) is 3.38. The molecule has 0 spiro atoms. The molecule has 4 rings (SSSR count). The van der Waals surface area contributed by atoms with Gasteiger partial charge < -0.3 is 23.8 Å². The SMILES string of the molecule is COC(=O)[C@H]1C[C@@H](Oc2ccccc2F)CN1C(=O)c1ccc2c(c1)OCO2. The molecule has 7 nitrogen and oxygen atoms in total. The number of ether oxygens (including phenoxy) is 4. The molecule has 0 unspecified atom stereocenters. The maximum Gasteiger partial charge on any atom is 0.328 e. The van der Waals surface area contributed by atoms with Crippen LogP contribution in [0.3, 0.4) is 0 Å². The van der Waals surface area contributed by atoms with E-state index in [2.05, 4.69) is 0 Å². The van der Waals surface area contributed by atoms with E-state index >= 15 is 0 Å². The average molecular weight is 387 g/mol. The number of hydrogen-bond acceptors (Lipinski definition) is 6. The van der Waals surface area contributed by atoms with Crippen molar-refractivity contribution < 1.29 is 32.9 Å². The lowest BCUT2D eigenvalue weighted by atomic mass is 10.1. The molecule has 1 fully saturated rings. The van der Waals surface area contributed by atoms with E-state index in [9.17, 15) is 14.0 Å². The summed E-state index contributed by atoms with van der Waals surface area (Å²) in [6.45, 7) is 0.224. The van der Waals surface area contributed by atoms with E-state index in [1.807, 2.05) is 0 Å². The van der Waals surface area contributed by atoms with Crippen LogP contribution in [0.1, 0.15) is 16.8 Å². The molecule has 0 aromatic heterocycles. The summed E-state index contributed by atoms with van der Waals surface area (Å²) in [4.78, 5) is 26.6. The molecule has 0 bridgehead atoms. The Morgan fingerprint density at radius 3 is 2.71 bits per heavy atom. The van der Waals surface area contributed by atoms with E-state index in [4.69, 9.17) is 18.9 Å². The molecular formula is C20H18FNO6. The number of benzene rings is 2. The summed E-state index contributed by atoms with van der Waals surface area (Å²) >= 11 is 0. The van der Waals surface area contributed by atoms with E-state index in [-0.39, 0.29) is 31.4 Å². The van der Waals surface area contributed by atoms with Gasteiger partial charge >= 0.3 is 5.97 Å². The summed E-state index contributed by atoms with van der Waals surface area (Å²) < 4.78 is 35.0. The fraction of sp³-hybridized carbons (Fsp3) is 0.300. The van der Waals surface area contributed by atoms with Crippen LogP contribution in [0, 0.1) is 5.82 Å². The predicted molar refractivity (Wildman–Crippen MR) is 94.8 cm³/mol. The van der Waals surface area contributed by atoms with Gasteiger partial charge in [0.1, 0.15) is 12.1 Å². The van der Waals surface area contributed by atoms with E-state index in [0.717, 1.165) is 0 Å². The van der Waals surface area contributed by atoms with Crippen molar-refractivity contribution in [3.8, 4) is 17.2 Å². The third kappa shape index (κ3) is 3.33. The normalized spacial score (nSPS) is 20.1. The molecule has 2 heterocycles. The monoisotopic (exact) mass is 387 g/mol. The molecule has 2 aromatic rings. The van der Waals surface area contributed by atoms with Gasteiger partial charge in [0.05, 0.1) is 13.7 Å². The van der Waals surface area contributed by atoms with Gasteiger partial charge in [0.15, 0.2) is 23.1 Å². The average Bonchev–Trinajstić information content (AvgIpc) is 3.35. The molecule has 1 amide bonds. The molecule has 28 heavy (non-hydrogen) atoms. The molecule has 0 aliphatic carbocycles. The molecule has 2 aromatic carbocycles. The van der Waals surface area contributed by atoms with Crippen LogP contribution in [0.5, 0.6) is 17.2 Å². The first-order chi connectivity index (χ1) is 13.6. The van der Waals surface area contributed by atoms with Crippen LogP contribution in [-0.4, -0.2) is 49.4 Å². The zero-order valence-electron chi connectivity index (χ0n) is 15.1. The Kier molecular flexibility index (Phi) is 4.77. The van der Waals surface area contributed by atoms with Crippen molar-refractivity contribution in [2.45, 2.75) is 18.6 Å². The van der Waals surface area contributed by atoms with Crippen molar-refractivity contribution in [2.75, 3.05) is 20.4 Å². The number of esters is 1.